The number of aromatic nitrogens is 2. The van der Waals surface area contributed by atoms with Gasteiger partial charge in [0.1, 0.15) is 23.9 Å². The number of methoxy groups -OCH3 is 1. The normalized spacial score (nSPS) is 18.4. The molecular formula is C19H21N5O4. The summed E-state index contributed by atoms with van der Waals surface area (Å²) in [5.74, 6) is -0.392. The quantitative estimate of drug-likeness (QED) is 0.366. The third kappa shape index (κ3) is 4.61. The van der Waals surface area contributed by atoms with E-state index >= 15 is 0 Å². The van der Waals surface area contributed by atoms with Gasteiger partial charge in [-0.3, -0.25) is 15.0 Å². The van der Waals surface area contributed by atoms with Gasteiger partial charge in [0.05, 0.1) is 31.2 Å². The number of carbonyl (C=O) groups is 2. The Bertz CT molecular complexity index is 867. The number of hydrogen-bond acceptors (Lipinski definition) is 7. The van der Waals surface area contributed by atoms with Crippen molar-refractivity contribution in [1.82, 2.24) is 15.5 Å². The van der Waals surface area contributed by atoms with E-state index in [1.807, 2.05) is 12.1 Å². The van der Waals surface area contributed by atoms with Crippen molar-refractivity contribution in [3.8, 4) is 17.0 Å². The molecule has 2 atom stereocenters. The van der Waals surface area contributed by atoms with Crippen LogP contribution in [0, 0.1) is 11.3 Å². The number of ether oxygens (including phenoxy) is 2. The molecule has 146 valence electrons. The monoisotopic (exact) mass is 383 g/mol. The largest absolute Gasteiger partial charge is 0.491 e. The summed E-state index contributed by atoms with van der Waals surface area (Å²) < 4.78 is 10.4. The van der Waals surface area contributed by atoms with Gasteiger partial charge in [0.15, 0.2) is 0 Å². The number of benzene rings is 1. The van der Waals surface area contributed by atoms with Gasteiger partial charge in [-0.25, -0.2) is 0 Å². The second-order valence-corrected chi connectivity index (χ2v) is 6.47. The summed E-state index contributed by atoms with van der Waals surface area (Å²) in [7, 11) is 1.31. The van der Waals surface area contributed by atoms with Crippen LogP contribution in [0.1, 0.15) is 18.5 Å². The lowest BCUT2D eigenvalue weighted by molar-refractivity contribution is -0.143. The molecular weight excluding hydrogens is 362 g/mol. The fourth-order valence-electron chi connectivity index (χ4n) is 2.95. The van der Waals surface area contributed by atoms with E-state index in [2.05, 4.69) is 20.3 Å². The van der Waals surface area contributed by atoms with Crippen molar-refractivity contribution in [2.24, 2.45) is 11.7 Å². The van der Waals surface area contributed by atoms with E-state index in [4.69, 9.17) is 15.9 Å². The summed E-state index contributed by atoms with van der Waals surface area (Å²) >= 11 is 0. The van der Waals surface area contributed by atoms with Gasteiger partial charge < -0.3 is 20.5 Å². The van der Waals surface area contributed by atoms with Crippen LogP contribution >= 0.6 is 0 Å². The molecule has 0 saturated carbocycles. The Balaban J connectivity index is 1.54. The fourth-order valence-corrected chi connectivity index (χ4v) is 2.95. The minimum atomic E-state index is -0.392. The molecule has 0 spiro atoms. The van der Waals surface area contributed by atoms with Crippen LogP contribution in [0.15, 0.2) is 36.4 Å². The molecule has 1 amide bonds. The third-order valence-electron chi connectivity index (χ3n) is 4.47. The molecule has 0 bridgehead atoms. The van der Waals surface area contributed by atoms with Crippen molar-refractivity contribution in [3.63, 3.8) is 0 Å². The van der Waals surface area contributed by atoms with Crippen molar-refractivity contribution in [2.45, 2.75) is 18.9 Å². The summed E-state index contributed by atoms with van der Waals surface area (Å²) in [6.45, 7) is 0.315. The van der Waals surface area contributed by atoms with Crippen LogP contribution in [0.4, 0.5) is 0 Å². The summed E-state index contributed by atoms with van der Waals surface area (Å²) in [6, 6.07) is 10.5. The highest BCUT2D eigenvalue weighted by atomic mass is 16.5. The molecule has 0 radical (unpaired) electrons. The zero-order chi connectivity index (χ0) is 20.1. The molecule has 4 N–H and O–H groups in total. The van der Waals surface area contributed by atoms with E-state index in [-0.39, 0.29) is 30.1 Å². The fraction of sp³-hybridized carbons (Fsp3) is 0.316. The van der Waals surface area contributed by atoms with E-state index in [0.29, 0.717) is 30.2 Å². The lowest BCUT2D eigenvalue weighted by Crippen LogP contribution is -2.31. The average molecular weight is 383 g/mol. The third-order valence-corrected chi connectivity index (χ3v) is 4.47. The van der Waals surface area contributed by atoms with Crippen molar-refractivity contribution in [2.75, 3.05) is 13.7 Å². The minimum absolute atomic E-state index is 0.0803. The highest BCUT2D eigenvalue weighted by Crippen LogP contribution is 2.23. The smallest absolute Gasteiger partial charge is 0.306 e. The lowest BCUT2D eigenvalue weighted by atomic mass is 10.0. The van der Waals surface area contributed by atoms with E-state index in [0.717, 1.165) is 5.56 Å². The Morgan fingerprint density at radius 2 is 2.00 bits per heavy atom. The Labute approximate surface area is 161 Å². The van der Waals surface area contributed by atoms with Crippen LogP contribution in [-0.2, 0) is 14.3 Å². The topological polar surface area (TPSA) is 140 Å². The van der Waals surface area contributed by atoms with Gasteiger partial charge in [0, 0.05) is 5.56 Å². The molecule has 0 unspecified atom stereocenters. The first-order valence-corrected chi connectivity index (χ1v) is 8.75. The number of carbonyl (C=O) groups excluding carboxylic acids is 2. The Kier molecular flexibility index (Phi) is 5.83. The molecule has 1 saturated heterocycles. The summed E-state index contributed by atoms with van der Waals surface area (Å²) in [6.07, 6.45) is 0.612. The summed E-state index contributed by atoms with van der Waals surface area (Å²) in [5.41, 5.74) is 7.20. The molecule has 1 aliphatic heterocycles. The van der Waals surface area contributed by atoms with Crippen LogP contribution in [0.5, 0.6) is 5.75 Å². The predicted molar refractivity (Wildman–Crippen MR) is 101 cm³/mol. The maximum absolute atomic E-state index is 11.9. The number of hydrogen-bond donors (Lipinski definition) is 3. The summed E-state index contributed by atoms with van der Waals surface area (Å²) in [4.78, 5) is 23.2. The highest BCUT2D eigenvalue weighted by molar-refractivity contribution is 5.92. The van der Waals surface area contributed by atoms with E-state index in [1.165, 1.54) is 7.11 Å². The maximum atomic E-state index is 11.9. The molecule has 1 aromatic heterocycles. The first-order valence-electron chi connectivity index (χ1n) is 8.75. The van der Waals surface area contributed by atoms with Gasteiger partial charge in [-0.2, -0.15) is 0 Å². The zero-order valence-electron chi connectivity index (χ0n) is 15.3. The van der Waals surface area contributed by atoms with Gasteiger partial charge in [0.25, 0.3) is 0 Å². The molecule has 1 fully saturated rings. The van der Waals surface area contributed by atoms with Crippen LogP contribution < -0.4 is 15.8 Å². The molecule has 9 heteroatoms. The molecule has 1 aliphatic rings. The highest BCUT2D eigenvalue weighted by Gasteiger charge is 2.34. The van der Waals surface area contributed by atoms with Gasteiger partial charge in [0.2, 0.25) is 5.91 Å². The molecule has 1 aromatic carbocycles. The van der Waals surface area contributed by atoms with Gasteiger partial charge in [-0.05, 0) is 42.8 Å². The van der Waals surface area contributed by atoms with E-state index in [1.54, 1.807) is 24.3 Å². The van der Waals surface area contributed by atoms with Crippen LogP contribution in [-0.4, -0.2) is 47.7 Å². The number of amides is 1. The second kappa shape index (κ2) is 8.47. The number of nitrogens with one attached hydrogen (secondary N) is 2. The number of amidine groups is 1. The van der Waals surface area contributed by atoms with Crippen LogP contribution in [0.25, 0.3) is 11.3 Å². The number of rotatable bonds is 7. The van der Waals surface area contributed by atoms with Crippen LogP contribution in [0.2, 0.25) is 0 Å². The van der Waals surface area contributed by atoms with Crippen molar-refractivity contribution in [1.29, 1.82) is 5.41 Å². The van der Waals surface area contributed by atoms with Gasteiger partial charge in [-0.1, -0.05) is 0 Å². The number of esters is 1. The maximum Gasteiger partial charge on any atom is 0.306 e. The molecule has 2 aromatic rings. The lowest BCUT2D eigenvalue weighted by Gasteiger charge is -2.12. The Morgan fingerprint density at radius 1 is 1.25 bits per heavy atom. The molecule has 28 heavy (non-hydrogen) atoms. The number of nitrogen functional groups attached to an aromatic ring is 1. The van der Waals surface area contributed by atoms with E-state index in [9.17, 15) is 9.59 Å². The molecule has 9 nitrogen and oxygen atoms in total. The predicted octanol–water partition coefficient (Wildman–Crippen LogP) is 0.874. The first kappa shape index (κ1) is 19.3. The summed E-state index contributed by atoms with van der Waals surface area (Å²) in [5, 5.41) is 18.1. The molecule has 2 heterocycles. The Morgan fingerprint density at radius 3 is 2.61 bits per heavy atom. The average Bonchev–Trinajstić information content (AvgIpc) is 3.06. The Hall–Kier alpha value is -3.49. The van der Waals surface area contributed by atoms with E-state index < -0.39 is 5.97 Å². The van der Waals surface area contributed by atoms with Gasteiger partial charge >= 0.3 is 5.97 Å². The number of nitrogens with zero attached hydrogens (tertiary/aromatic N) is 2. The SMILES string of the molecule is COC(=O)C[C@@H]1C[C@@H](COc2ccc(-c3ccc(C(=N)N)nn3)cc2)NC1=O. The zero-order valence-corrected chi connectivity index (χ0v) is 15.3. The van der Waals surface area contributed by atoms with Crippen molar-refractivity contribution in [3.05, 3.63) is 42.1 Å². The van der Waals surface area contributed by atoms with Crippen molar-refractivity contribution >= 4 is 17.7 Å². The number of nitrogens with two attached hydrogens (primary N) is 1. The van der Waals surface area contributed by atoms with Crippen molar-refractivity contribution < 1.29 is 19.1 Å². The molecule has 3 rings (SSSR count). The second-order valence-electron chi connectivity index (χ2n) is 6.47. The minimum Gasteiger partial charge on any atom is -0.491 e. The van der Waals surface area contributed by atoms with Gasteiger partial charge in [-0.15, -0.1) is 10.2 Å². The molecule has 0 aliphatic carbocycles. The standard InChI is InChI=1S/C19H21N5O4/c1-27-17(25)9-12-8-13(22-19(12)26)10-28-14-4-2-11(3-5-14)15-6-7-16(18(20)21)24-23-15/h2-7,12-13H,8-10H2,1H3,(H3,20,21)(H,22,26)/t12-,13-/m0/s1. The first-order chi connectivity index (χ1) is 13.5. The van der Waals surface area contributed by atoms with Crippen LogP contribution in [0.3, 0.4) is 0 Å².